The van der Waals surface area contributed by atoms with Gasteiger partial charge in [0.05, 0.1) is 18.6 Å². The van der Waals surface area contributed by atoms with E-state index in [-0.39, 0.29) is 18.2 Å². The van der Waals surface area contributed by atoms with Crippen molar-refractivity contribution in [3.8, 4) is 5.75 Å². The first-order valence-electron chi connectivity index (χ1n) is 7.08. The molecule has 2 aliphatic heterocycles. The van der Waals surface area contributed by atoms with Crippen molar-refractivity contribution in [2.24, 2.45) is 0 Å². The lowest BCUT2D eigenvalue weighted by atomic mass is 9.82. The number of carbonyl (C=O) groups is 1. The molecule has 0 aromatic heterocycles. The van der Waals surface area contributed by atoms with Crippen LogP contribution in [0.5, 0.6) is 5.75 Å². The lowest BCUT2D eigenvalue weighted by Crippen LogP contribution is -2.48. The van der Waals surface area contributed by atoms with E-state index < -0.39 is 5.60 Å². The lowest BCUT2D eigenvalue weighted by Gasteiger charge is -2.41. The van der Waals surface area contributed by atoms with Crippen molar-refractivity contribution in [1.82, 2.24) is 5.32 Å². The van der Waals surface area contributed by atoms with Crippen LogP contribution >= 0.6 is 12.4 Å². The van der Waals surface area contributed by atoms with Crippen molar-refractivity contribution in [2.45, 2.75) is 31.8 Å². The summed E-state index contributed by atoms with van der Waals surface area (Å²) in [6.07, 6.45) is 3.70. The van der Waals surface area contributed by atoms with Crippen molar-refractivity contribution in [3.63, 3.8) is 0 Å². The molecule has 0 saturated carbocycles. The molecule has 3 rings (SSSR count). The zero-order valence-electron chi connectivity index (χ0n) is 12.1. The van der Waals surface area contributed by atoms with E-state index in [2.05, 4.69) is 5.32 Å². The predicted octanol–water partition coefficient (Wildman–Crippen LogP) is 3.07. The van der Waals surface area contributed by atoms with Gasteiger partial charge in [0, 0.05) is 25.1 Å². The van der Waals surface area contributed by atoms with Gasteiger partial charge in [-0.15, -0.1) is 12.4 Å². The van der Waals surface area contributed by atoms with E-state index in [4.69, 9.17) is 9.47 Å². The average molecular weight is 310 g/mol. The molecule has 0 radical (unpaired) electrons. The van der Waals surface area contributed by atoms with E-state index in [0.29, 0.717) is 30.8 Å². The molecule has 1 spiro atoms. The fourth-order valence-corrected chi connectivity index (χ4v) is 2.90. The fraction of sp³-hybridized carbons (Fsp3) is 0.438. The van der Waals surface area contributed by atoms with Crippen molar-refractivity contribution in [1.29, 1.82) is 0 Å². The highest BCUT2D eigenvalue weighted by molar-refractivity contribution is 6.00. The van der Waals surface area contributed by atoms with Crippen LogP contribution in [-0.2, 0) is 4.74 Å². The molecular formula is C16H20ClNO3. The zero-order chi connectivity index (χ0) is 14.0. The first-order chi connectivity index (χ1) is 9.72. The number of benzene rings is 1. The molecule has 4 nitrogen and oxygen atoms in total. The second-order valence-corrected chi connectivity index (χ2v) is 5.33. The second-order valence-electron chi connectivity index (χ2n) is 5.33. The minimum absolute atomic E-state index is 0. The maximum Gasteiger partial charge on any atom is 0.170 e. The van der Waals surface area contributed by atoms with Crippen LogP contribution < -0.4 is 10.1 Å². The summed E-state index contributed by atoms with van der Waals surface area (Å²) in [4.78, 5) is 12.3. The molecular weight excluding hydrogens is 290 g/mol. The van der Waals surface area contributed by atoms with Gasteiger partial charge in [-0.1, -0.05) is 12.1 Å². The van der Waals surface area contributed by atoms with Gasteiger partial charge < -0.3 is 14.8 Å². The number of carbonyl (C=O) groups excluding carboxylic acids is 1. The van der Waals surface area contributed by atoms with Crippen LogP contribution in [0.1, 0.15) is 36.5 Å². The van der Waals surface area contributed by atoms with Crippen LogP contribution in [-0.4, -0.2) is 24.5 Å². The van der Waals surface area contributed by atoms with Gasteiger partial charge in [-0.3, -0.25) is 4.79 Å². The molecule has 0 bridgehead atoms. The summed E-state index contributed by atoms with van der Waals surface area (Å²) in [5, 5.41) is 3.31. The quantitative estimate of drug-likeness (QED) is 0.853. The number of hydrogen-bond acceptors (Lipinski definition) is 4. The summed E-state index contributed by atoms with van der Waals surface area (Å²) in [6.45, 7) is 3.39. The molecule has 0 amide bonds. The van der Waals surface area contributed by atoms with Crippen LogP contribution in [0.4, 0.5) is 0 Å². The largest absolute Gasteiger partial charge is 0.500 e. The third-order valence-electron chi connectivity index (χ3n) is 3.83. The van der Waals surface area contributed by atoms with Gasteiger partial charge >= 0.3 is 0 Å². The van der Waals surface area contributed by atoms with Gasteiger partial charge in [0.25, 0.3) is 0 Å². The van der Waals surface area contributed by atoms with E-state index in [1.54, 1.807) is 6.26 Å². The summed E-state index contributed by atoms with van der Waals surface area (Å²) in [7, 11) is 0. The molecule has 1 aromatic rings. The Balaban J connectivity index is 0.00000161. The van der Waals surface area contributed by atoms with Gasteiger partial charge in [0.2, 0.25) is 0 Å². The molecule has 1 unspecified atom stereocenters. The number of Topliss-reactive ketones (excluding diaryl/α,β-unsaturated/α-hetero) is 1. The number of fused-ring (bicyclic) bond motifs is 1. The Labute approximate surface area is 130 Å². The molecule has 2 aliphatic rings. The average Bonchev–Trinajstić information content (AvgIpc) is 2.45. The van der Waals surface area contributed by atoms with Crippen LogP contribution in [0, 0.1) is 0 Å². The topological polar surface area (TPSA) is 47.6 Å². The number of ether oxygens (including phenoxy) is 2. The Morgan fingerprint density at radius 3 is 3.00 bits per heavy atom. The van der Waals surface area contributed by atoms with Gasteiger partial charge in [0.15, 0.2) is 5.78 Å². The highest BCUT2D eigenvalue weighted by Crippen LogP contribution is 2.39. The number of halogens is 1. The van der Waals surface area contributed by atoms with Crippen LogP contribution in [0.15, 0.2) is 36.2 Å². The van der Waals surface area contributed by atoms with E-state index in [1.807, 2.05) is 31.2 Å². The van der Waals surface area contributed by atoms with E-state index >= 15 is 0 Å². The fourth-order valence-electron chi connectivity index (χ4n) is 2.90. The standard InChI is InChI=1S/C16H19NO3.ClH/c1-2-19-11-12-9-16(7-8-17-12)10-14(18)13-5-3-4-6-15(13)20-16;/h3-6,11,17H,2,7-10H2,1H3;1H/b12-11+;. The molecule has 21 heavy (non-hydrogen) atoms. The number of rotatable bonds is 2. The molecule has 114 valence electrons. The molecule has 1 aromatic carbocycles. The Hall–Kier alpha value is -1.68. The van der Waals surface area contributed by atoms with E-state index in [1.165, 1.54) is 0 Å². The first-order valence-corrected chi connectivity index (χ1v) is 7.08. The number of nitrogens with one attached hydrogen (secondary N) is 1. The second kappa shape index (κ2) is 6.39. The maximum atomic E-state index is 12.3. The third kappa shape index (κ3) is 3.16. The van der Waals surface area contributed by atoms with Crippen LogP contribution in [0.3, 0.4) is 0 Å². The molecule has 1 saturated heterocycles. The monoisotopic (exact) mass is 309 g/mol. The number of para-hydroxylation sites is 1. The number of hydrogen-bond donors (Lipinski definition) is 1. The molecule has 1 fully saturated rings. The summed E-state index contributed by atoms with van der Waals surface area (Å²) in [5.41, 5.74) is 1.29. The molecule has 5 heteroatoms. The van der Waals surface area contributed by atoms with Crippen molar-refractivity contribution >= 4 is 18.2 Å². The Morgan fingerprint density at radius 2 is 2.19 bits per heavy atom. The zero-order valence-corrected chi connectivity index (χ0v) is 12.9. The minimum Gasteiger partial charge on any atom is -0.500 e. The van der Waals surface area contributed by atoms with E-state index in [0.717, 1.165) is 18.7 Å². The Morgan fingerprint density at radius 1 is 1.38 bits per heavy atom. The number of piperidine rings is 1. The number of ketones is 1. The highest BCUT2D eigenvalue weighted by Gasteiger charge is 2.42. The van der Waals surface area contributed by atoms with Crippen molar-refractivity contribution in [2.75, 3.05) is 13.2 Å². The Kier molecular flexibility index (Phi) is 4.78. The third-order valence-corrected chi connectivity index (χ3v) is 3.83. The predicted molar refractivity (Wildman–Crippen MR) is 82.9 cm³/mol. The van der Waals surface area contributed by atoms with Crippen LogP contribution in [0.25, 0.3) is 0 Å². The summed E-state index contributed by atoms with van der Waals surface area (Å²) in [6, 6.07) is 7.49. The maximum absolute atomic E-state index is 12.3. The van der Waals surface area contributed by atoms with Gasteiger partial charge in [-0.05, 0) is 19.1 Å². The summed E-state index contributed by atoms with van der Waals surface area (Å²) in [5.74, 6) is 0.880. The highest BCUT2D eigenvalue weighted by atomic mass is 35.5. The van der Waals surface area contributed by atoms with Gasteiger partial charge in [-0.25, -0.2) is 0 Å². The molecule has 1 atom stereocenters. The van der Waals surface area contributed by atoms with Crippen molar-refractivity contribution in [3.05, 3.63) is 41.8 Å². The van der Waals surface area contributed by atoms with E-state index in [9.17, 15) is 4.79 Å². The van der Waals surface area contributed by atoms with Crippen LogP contribution in [0.2, 0.25) is 0 Å². The summed E-state index contributed by atoms with van der Waals surface area (Å²) >= 11 is 0. The summed E-state index contributed by atoms with van der Waals surface area (Å²) < 4.78 is 11.5. The normalized spacial score (nSPS) is 25.6. The van der Waals surface area contributed by atoms with Crippen molar-refractivity contribution < 1.29 is 14.3 Å². The minimum atomic E-state index is -0.417. The molecule has 0 aliphatic carbocycles. The first kappa shape index (κ1) is 15.7. The molecule has 1 N–H and O–H groups in total. The van der Waals surface area contributed by atoms with Gasteiger partial charge in [-0.2, -0.15) is 0 Å². The SMILES string of the molecule is CCO/C=C1\CC2(CCN1)CC(=O)c1ccccc1O2.Cl. The smallest absolute Gasteiger partial charge is 0.170 e. The molecule has 2 heterocycles. The Bertz CT molecular complexity index is 558. The lowest BCUT2D eigenvalue weighted by molar-refractivity contribution is 0.0257. The van der Waals surface area contributed by atoms with Gasteiger partial charge in [0.1, 0.15) is 17.6 Å².